The van der Waals surface area contributed by atoms with Gasteiger partial charge in [0.15, 0.2) is 0 Å². The maximum absolute atomic E-state index is 14.8. The van der Waals surface area contributed by atoms with Crippen LogP contribution < -0.4 is 26.6 Å². The normalized spacial score (nSPS) is 15.2. The number of carbonyl (C=O) groups excluding carboxylic acids is 9. The molecule has 18 nitrogen and oxygen atoms in total. The molecule has 0 bridgehead atoms. The minimum Gasteiger partial charge on any atom is -0.460 e. The summed E-state index contributed by atoms with van der Waals surface area (Å²) in [6.07, 6.45) is 2.93. The van der Waals surface area contributed by atoms with Crippen molar-refractivity contribution in [2.75, 3.05) is 0 Å². The Labute approximate surface area is 444 Å². The van der Waals surface area contributed by atoms with Gasteiger partial charge in [-0.15, -0.1) is 0 Å². The highest BCUT2D eigenvalue weighted by Crippen LogP contribution is 2.28. The molecule has 3 rings (SSSR count). The van der Waals surface area contributed by atoms with Gasteiger partial charge >= 0.3 is 23.9 Å². The zero-order chi connectivity index (χ0) is 56.1. The number of nitrogens with one attached hydrogen (secondary N) is 5. The smallest absolute Gasteiger partial charge is 0.328 e. The summed E-state index contributed by atoms with van der Waals surface area (Å²) in [5, 5.41) is 13.7. The van der Waals surface area contributed by atoms with Gasteiger partial charge in [0.2, 0.25) is 29.5 Å². The molecule has 1 saturated carbocycles. The Kier molecular flexibility index (Phi) is 24.9. The van der Waals surface area contributed by atoms with Gasteiger partial charge in [-0.05, 0) is 117 Å². The van der Waals surface area contributed by atoms with Crippen LogP contribution in [0.2, 0.25) is 0 Å². The molecule has 0 saturated heterocycles. The van der Waals surface area contributed by atoms with Crippen molar-refractivity contribution in [2.24, 2.45) is 11.8 Å². The van der Waals surface area contributed by atoms with Crippen LogP contribution in [0.3, 0.4) is 0 Å². The number of hydrogen-bond acceptors (Lipinski definition) is 13. The molecule has 2 aromatic rings. The van der Waals surface area contributed by atoms with Gasteiger partial charge in [-0.25, -0.2) is 4.79 Å². The first kappa shape index (κ1) is 63.0. The molecule has 0 aliphatic heterocycles. The highest BCUT2D eigenvalue weighted by Gasteiger charge is 2.36. The molecule has 0 spiro atoms. The first-order chi connectivity index (χ1) is 35.0. The first-order valence-electron chi connectivity index (χ1n) is 26.4. The van der Waals surface area contributed by atoms with Gasteiger partial charge in [-0.1, -0.05) is 101 Å². The minimum absolute atomic E-state index is 0.000759. The molecule has 5 amide bonds. The first-order valence-corrected chi connectivity index (χ1v) is 26.4. The fourth-order valence-electron chi connectivity index (χ4n) is 8.42. The quantitative estimate of drug-likeness (QED) is 0.0487. The molecule has 0 unspecified atom stereocenters. The van der Waals surface area contributed by atoms with E-state index in [1.54, 1.807) is 74.4 Å². The van der Waals surface area contributed by atoms with Gasteiger partial charge in [0.25, 0.3) is 0 Å². The van der Waals surface area contributed by atoms with Crippen LogP contribution in [0.5, 0.6) is 0 Å². The molecule has 1 aliphatic rings. The van der Waals surface area contributed by atoms with E-state index in [9.17, 15) is 43.2 Å². The van der Waals surface area contributed by atoms with Crippen LogP contribution >= 0.6 is 0 Å². The molecular formula is C57H85N5O13. The van der Waals surface area contributed by atoms with E-state index in [0.29, 0.717) is 5.56 Å². The van der Waals surface area contributed by atoms with Crippen molar-refractivity contribution >= 4 is 53.4 Å². The van der Waals surface area contributed by atoms with Crippen LogP contribution in [-0.2, 0) is 75.1 Å². The molecule has 5 atom stereocenters. The Morgan fingerprint density at radius 1 is 0.547 bits per heavy atom. The number of amides is 5. The van der Waals surface area contributed by atoms with Crippen molar-refractivity contribution in [1.29, 1.82) is 0 Å². The van der Waals surface area contributed by atoms with E-state index in [1.807, 2.05) is 63.2 Å². The zero-order valence-electron chi connectivity index (χ0n) is 46.4. The zero-order valence-corrected chi connectivity index (χ0v) is 46.4. The monoisotopic (exact) mass is 1050 g/mol. The Morgan fingerprint density at radius 3 is 1.63 bits per heavy atom. The number of carbonyl (C=O) groups is 9. The summed E-state index contributed by atoms with van der Waals surface area (Å²) >= 11 is 0. The Balaban J connectivity index is 2.02. The summed E-state index contributed by atoms with van der Waals surface area (Å²) in [5.41, 5.74) is -0.422. The van der Waals surface area contributed by atoms with Gasteiger partial charge in [0, 0.05) is 19.3 Å². The number of rotatable bonds is 26. The second-order valence-corrected chi connectivity index (χ2v) is 23.0. The fourth-order valence-corrected chi connectivity index (χ4v) is 8.42. The topological polar surface area (TPSA) is 251 Å². The molecule has 75 heavy (non-hydrogen) atoms. The summed E-state index contributed by atoms with van der Waals surface area (Å²) in [5.74, 6) is -6.78. The summed E-state index contributed by atoms with van der Waals surface area (Å²) in [4.78, 5) is 124. The summed E-state index contributed by atoms with van der Waals surface area (Å²) < 4.78 is 22.0. The Bertz CT molecular complexity index is 2240. The van der Waals surface area contributed by atoms with E-state index in [0.717, 1.165) is 43.2 Å². The predicted octanol–water partition coefficient (Wildman–Crippen LogP) is 6.70. The lowest BCUT2D eigenvalue weighted by atomic mass is 9.84. The molecule has 416 valence electrons. The number of aryl methyl sites for hydroxylation is 1. The minimum atomic E-state index is -1.62. The second kappa shape index (κ2) is 29.7. The standard InChI is InChI=1S/C57H85N5O13/c1-36(2)31-45(54(71)72-35-39-24-17-14-18-25-39)62-51(68)42(32-38-22-15-13-16-23-38)60-52(69)43(33-40-26-20-19-21-37(40)3)61-50(67)41(27-29-47(64)73-55(4,5)6)59-53(70)44(34-49(66)75-57(10,11)12)58-46(63)28-30-48(65)74-56(7,8)9/h14,17-21,24-26,36,38,41-45H,13,15-16,22-23,27-35H2,1-12H3,(H,58,63)(H,59,70)(H,60,69)(H,61,67)(H,62,68)/t41-,42-,43-,44-,45-/m0/s1. The lowest BCUT2D eigenvalue weighted by Gasteiger charge is -2.30. The van der Waals surface area contributed by atoms with Gasteiger partial charge < -0.3 is 45.5 Å². The number of ether oxygens (including phenoxy) is 4. The van der Waals surface area contributed by atoms with Crippen LogP contribution in [0.15, 0.2) is 54.6 Å². The van der Waals surface area contributed by atoms with Gasteiger partial charge in [-0.2, -0.15) is 0 Å². The lowest BCUT2D eigenvalue weighted by Crippen LogP contribution is -2.59. The van der Waals surface area contributed by atoms with E-state index in [4.69, 9.17) is 18.9 Å². The summed E-state index contributed by atoms with van der Waals surface area (Å²) in [6, 6.07) is 9.68. The molecule has 18 heteroatoms. The number of esters is 4. The van der Waals surface area contributed by atoms with E-state index < -0.39 is 113 Å². The largest absolute Gasteiger partial charge is 0.460 e. The van der Waals surface area contributed by atoms with Crippen LogP contribution in [0.1, 0.15) is 170 Å². The lowest BCUT2D eigenvalue weighted by molar-refractivity contribution is -0.158. The summed E-state index contributed by atoms with van der Waals surface area (Å²) in [7, 11) is 0. The van der Waals surface area contributed by atoms with Crippen molar-refractivity contribution in [3.63, 3.8) is 0 Å². The third-order valence-corrected chi connectivity index (χ3v) is 11.9. The van der Waals surface area contributed by atoms with E-state index in [1.165, 1.54) is 0 Å². The third-order valence-electron chi connectivity index (χ3n) is 11.9. The third kappa shape index (κ3) is 25.6. The predicted molar refractivity (Wildman–Crippen MR) is 282 cm³/mol. The van der Waals surface area contributed by atoms with Crippen LogP contribution in [0.25, 0.3) is 0 Å². The molecule has 0 heterocycles. The van der Waals surface area contributed by atoms with E-state index in [-0.39, 0.29) is 57.0 Å². The fraction of sp³-hybridized carbons (Fsp3) is 0.632. The maximum Gasteiger partial charge on any atom is 0.328 e. The molecule has 5 N–H and O–H groups in total. The molecular weight excluding hydrogens is 963 g/mol. The number of hydrogen-bond donors (Lipinski definition) is 5. The van der Waals surface area contributed by atoms with E-state index in [2.05, 4.69) is 26.6 Å². The van der Waals surface area contributed by atoms with Crippen LogP contribution in [-0.4, -0.2) is 100 Å². The van der Waals surface area contributed by atoms with Crippen molar-refractivity contribution < 1.29 is 62.1 Å². The van der Waals surface area contributed by atoms with Crippen molar-refractivity contribution in [1.82, 2.24) is 26.6 Å². The van der Waals surface area contributed by atoms with Crippen molar-refractivity contribution in [3.05, 3.63) is 71.3 Å². The number of benzene rings is 2. The average molecular weight is 1050 g/mol. The van der Waals surface area contributed by atoms with Crippen molar-refractivity contribution in [3.8, 4) is 0 Å². The SMILES string of the molecule is Cc1ccccc1C[C@H](NC(=O)[C@H](CCC(=O)OC(C)(C)C)NC(=O)[C@H](CC(=O)OC(C)(C)C)NC(=O)CCC(=O)OC(C)(C)C)C(=O)N[C@@H](CC1CCCCC1)C(=O)N[C@@H](CC(C)C)C(=O)OCc1ccccc1. The van der Waals surface area contributed by atoms with E-state index >= 15 is 0 Å². The Morgan fingerprint density at radius 2 is 1.04 bits per heavy atom. The van der Waals surface area contributed by atoms with Crippen LogP contribution in [0.4, 0.5) is 0 Å². The Hall–Kier alpha value is -6.33. The molecule has 0 radical (unpaired) electrons. The van der Waals surface area contributed by atoms with Gasteiger partial charge in [-0.3, -0.25) is 38.4 Å². The summed E-state index contributed by atoms with van der Waals surface area (Å²) in [6.45, 7) is 20.6. The molecule has 1 aliphatic carbocycles. The van der Waals surface area contributed by atoms with Gasteiger partial charge in [0.1, 0.15) is 53.6 Å². The second-order valence-electron chi connectivity index (χ2n) is 23.0. The highest BCUT2D eigenvalue weighted by atomic mass is 16.6. The van der Waals surface area contributed by atoms with Crippen molar-refractivity contribution in [2.45, 2.75) is 220 Å². The van der Waals surface area contributed by atoms with Gasteiger partial charge in [0.05, 0.1) is 12.8 Å². The highest BCUT2D eigenvalue weighted by molar-refractivity contribution is 5.97. The molecule has 0 aromatic heterocycles. The molecule has 2 aromatic carbocycles. The molecule has 1 fully saturated rings. The maximum atomic E-state index is 14.8. The van der Waals surface area contributed by atoms with Crippen LogP contribution in [0, 0.1) is 18.8 Å². The average Bonchev–Trinajstić information content (AvgIpc) is 3.29.